The van der Waals surface area contributed by atoms with Crippen molar-refractivity contribution in [3.8, 4) is 11.8 Å². The van der Waals surface area contributed by atoms with Gasteiger partial charge < -0.3 is 19.8 Å². The van der Waals surface area contributed by atoms with Gasteiger partial charge in [-0.3, -0.25) is 0 Å². The number of piperidine rings is 1. The first-order valence-electron chi connectivity index (χ1n) is 6.41. The molecule has 18 heavy (non-hydrogen) atoms. The molecule has 1 amide bonds. The minimum absolute atomic E-state index is 0.0737. The average molecular weight is 253 g/mol. The molecule has 1 aliphatic carbocycles. The molecule has 0 spiro atoms. The number of likely N-dealkylation sites (tertiary alicyclic amines) is 1. The van der Waals surface area contributed by atoms with Crippen LogP contribution in [0.5, 0.6) is 0 Å². The van der Waals surface area contributed by atoms with Crippen molar-refractivity contribution in [2.24, 2.45) is 5.92 Å². The molecule has 2 fully saturated rings. The summed E-state index contributed by atoms with van der Waals surface area (Å²) in [5.41, 5.74) is 0. The molecule has 0 aromatic rings. The fourth-order valence-electron chi connectivity index (χ4n) is 2.44. The summed E-state index contributed by atoms with van der Waals surface area (Å²) >= 11 is 0. The first-order chi connectivity index (χ1) is 8.69. The maximum Gasteiger partial charge on any atom is 0.407 e. The first kappa shape index (κ1) is 13.2. The Bertz CT molecular complexity index is 346. The molecule has 0 radical (unpaired) electrons. The molecule has 5 heteroatoms. The van der Waals surface area contributed by atoms with Crippen molar-refractivity contribution in [3.05, 3.63) is 0 Å². The summed E-state index contributed by atoms with van der Waals surface area (Å²) in [6.45, 7) is 1.07. The highest BCUT2D eigenvalue weighted by atomic mass is 16.5. The number of carbonyl (C=O) groups is 1. The molecule has 0 aromatic carbocycles. The van der Waals surface area contributed by atoms with Crippen molar-refractivity contribution in [2.45, 2.75) is 37.9 Å². The van der Waals surface area contributed by atoms with E-state index < -0.39 is 6.09 Å². The Morgan fingerprint density at radius 2 is 1.94 bits per heavy atom. The topological polar surface area (TPSA) is 70.0 Å². The molecule has 0 unspecified atom stereocenters. The number of hydrogen-bond donors (Lipinski definition) is 2. The van der Waals surface area contributed by atoms with Crippen LogP contribution in [0.25, 0.3) is 0 Å². The number of carboxylic acid groups (broad SMARTS) is 1. The van der Waals surface area contributed by atoms with Crippen LogP contribution in [-0.2, 0) is 4.74 Å². The van der Waals surface area contributed by atoms with Crippen LogP contribution in [0.3, 0.4) is 0 Å². The molecule has 2 aliphatic rings. The number of aliphatic hydroxyl groups is 1. The number of rotatable bonds is 2. The zero-order valence-corrected chi connectivity index (χ0v) is 10.3. The fraction of sp³-hybridized carbons (Fsp3) is 0.769. The highest BCUT2D eigenvalue weighted by Crippen LogP contribution is 2.31. The normalized spacial score (nSPS) is 28.2. The summed E-state index contributed by atoms with van der Waals surface area (Å²) in [5.74, 6) is 6.03. The summed E-state index contributed by atoms with van der Waals surface area (Å²) in [7, 11) is 0. The lowest BCUT2D eigenvalue weighted by Gasteiger charge is -2.37. The Hall–Kier alpha value is -1.25. The van der Waals surface area contributed by atoms with Crippen LogP contribution in [0.4, 0.5) is 4.79 Å². The molecule has 1 heterocycles. The molecule has 2 N–H and O–H groups in total. The van der Waals surface area contributed by atoms with E-state index in [-0.39, 0.29) is 18.8 Å². The molecular formula is C13H19NO4. The Labute approximate surface area is 107 Å². The van der Waals surface area contributed by atoms with Crippen LogP contribution in [0.15, 0.2) is 0 Å². The van der Waals surface area contributed by atoms with Gasteiger partial charge in [0, 0.05) is 19.0 Å². The van der Waals surface area contributed by atoms with E-state index in [1.807, 2.05) is 0 Å². The maximum atomic E-state index is 10.7. The third kappa shape index (κ3) is 3.37. The van der Waals surface area contributed by atoms with E-state index in [2.05, 4.69) is 11.8 Å². The third-order valence-corrected chi connectivity index (χ3v) is 3.58. The van der Waals surface area contributed by atoms with Crippen molar-refractivity contribution in [1.29, 1.82) is 0 Å². The van der Waals surface area contributed by atoms with Gasteiger partial charge in [-0.2, -0.15) is 0 Å². The van der Waals surface area contributed by atoms with E-state index in [1.165, 1.54) is 4.90 Å². The number of aliphatic hydroxyl groups excluding tert-OH is 1. The van der Waals surface area contributed by atoms with Crippen molar-refractivity contribution in [1.82, 2.24) is 4.90 Å². The molecule has 0 aromatic heterocycles. The van der Waals surface area contributed by atoms with Gasteiger partial charge in [0.2, 0.25) is 0 Å². The van der Waals surface area contributed by atoms with Crippen molar-refractivity contribution in [3.63, 3.8) is 0 Å². The molecule has 2 rings (SSSR count). The molecule has 1 saturated heterocycles. The molecular weight excluding hydrogens is 234 g/mol. The van der Waals surface area contributed by atoms with E-state index >= 15 is 0 Å². The Kier molecular flexibility index (Phi) is 4.45. The van der Waals surface area contributed by atoms with E-state index in [0.717, 1.165) is 25.7 Å². The number of nitrogens with zero attached hydrogens (tertiary/aromatic N) is 1. The van der Waals surface area contributed by atoms with Crippen LogP contribution in [0.1, 0.15) is 25.7 Å². The van der Waals surface area contributed by atoms with Crippen LogP contribution in [-0.4, -0.2) is 53.1 Å². The number of ether oxygens (including phenoxy) is 1. The summed E-state index contributed by atoms with van der Waals surface area (Å²) in [6.07, 6.45) is 3.07. The molecule has 0 atom stereocenters. The predicted octanol–water partition coefficient (Wildman–Crippen LogP) is 0.920. The van der Waals surface area contributed by atoms with Crippen molar-refractivity contribution < 1.29 is 19.7 Å². The number of amides is 1. The van der Waals surface area contributed by atoms with E-state index in [0.29, 0.717) is 19.0 Å². The van der Waals surface area contributed by atoms with E-state index in [4.69, 9.17) is 14.9 Å². The van der Waals surface area contributed by atoms with Gasteiger partial charge in [0.15, 0.2) is 0 Å². The van der Waals surface area contributed by atoms with Gasteiger partial charge >= 0.3 is 6.09 Å². The summed E-state index contributed by atoms with van der Waals surface area (Å²) < 4.78 is 5.92. The van der Waals surface area contributed by atoms with E-state index in [9.17, 15) is 4.79 Å². The highest BCUT2D eigenvalue weighted by Gasteiger charge is 2.32. The fourth-order valence-corrected chi connectivity index (χ4v) is 2.44. The Balaban J connectivity index is 1.63. The summed E-state index contributed by atoms with van der Waals surface area (Å²) in [4.78, 5) is 12.2. The molecule has 5 nitrogen and oxygen atoms in total. The zero-order chi connectivity index (χ0) is 13.0. The van der Waals surface area contributed by atoms with Gasteiger partial charge in [-0.05, 0) is 25.7 Å². The van der Waals surface area contributed by atoms with Gasteiger partial charge in [-0.15, -0.1) is 0 Å². The van der Waals surface area contributed by atoms with Gasteiger partial charge in [-0.1, -0.05) is 11.8 Å². The van der Waals surface area contributed by atoms with Crippen LogP contribution in [0.2, 0.25) is 0 Å². The summed E-state index contributed by atoms with van der Waals surface area (Å²) in [5, 5.41) is 17.4. The van der Waals surface area contributed by atoms with Crippen molar-refractivity contribution in [2.75, 3.05) is 19.7 Å². The SMILES string of the molecule is O=C(O)N1CCC(OC2CC(C#CCO)C2)CC1. The second-order valence-electron chi connectivity index (χ2n) is 4.87. The van der Waals surface area contributed by atoms with Crippen molar-refractivity contribution >= 4 is 6.09 Å². The first-order valence-corrected chi connectivity index (χ1v) is 6.41. The standard InChI is InChI=1S/C13H19NO4/c15-7-1-2-10-8-12(9-10)18-11-3-5-14(6-4-11)13(16)17/h10-12,15H,3-9H2,(H,16,17). The minimum Gasteiger partial charge on any atom is -0.465 e. The van der Waals surface area contributed by atoms with Gasteiger partial charge in [0.1, 0.15) is 6.61 Å². The lowest BCUT2D eigenvalue weighted by atomic mass is 9.82. The lowest BCUT2D eigenvalue weighted by Crippen LogP contribution is -2.43. The van der Waals surface area contributed by atoms with Crippen LogP contribution >= 0.6 is 0 Å². The third-order valence-electron chi connectivity index (χ3n) is 3.58. The summed E-state index contributed by atoms with van der Waals surface area (Å²) in [6, 6.07) is 0. The van der Waals surface area contributed by atoms with Gasteiger partial charge in [0.25, 0.3) is 0 Å². The lowest BCUT2D eigenvalue weighted by molar-refractivity contribution is -0.0825. The predicted molar refractivity (Wildman–Crippen MR) is 65.1 cm³/mol. The zero-order valence-electron chi connectivity index (χ0n) is 10.3. The molecule has 1 saturated carbocycles. The minimum atomic E-state index is -0.837. The Morgan fingerprint density at radius 3 is 2.50 bits per heavy atom. The highest BCUT2D eigenvalue weighted by molar-refractivity contribution is 5.64. The Morgan fingerprint density at radius 1 is 1.28 bits per heavy atom. The number of hydrogen-bond acceptors (Lipinski definition) is 3. The maximum absolute atomic E-state index is 10.7. The van der Waals surface area contributed by atoms with E-state index in [1.54, 1.807) is 0 Å². The molecule has 1 aliphatic heterocycles. The molecule has 100 valence electrons. The van der Waals surface area contributed by atoms with Crippen LogP contribution in [0, 0.1) is 17.8 Å². The second kappa shape index (κ2) is 6.07. The van der Waals surface area contributed by atoms with Gasteiger partial charge in [0.05, 0.1) is 12.2 Å². The molecule has 0 bridgehead atoms. The van der Waals surface area contributed by atoms with Crippen LogP contribution < -0.4 is 0 Å². The largest absolute Gasteiger partial charge is 0.465 e. The average Bonchev–Trinajstić information content (AvgIpc) is 2.32. The smallest absolute Gasteiger partial charge is 0.407 e. The monoisotopic (exact) mass is 253 g/mol. The second-order valence-corrected chi connectivity index (χ2v) is 4.87. The van der Waals surface area contributed by atoms with Gasteiger partial charge in [-0.25, -0.2) is 4.79 Å². The quantitative estimate of drug-likeness (QED) is 0.718.